The zero-order chi connectivity index (χ0) is 14.0. The van der Waals surface area contributed by atoms with Crippen molar-refractivity contribution in [3.63, 3.8) is 0 Å². The van der Waals surface area contributed by atoms with E-state index in [9.17, 15) is 0 Å². The molecule has 0 amide bonds. The summed E-state index contributed by atoms with van der Waals surface area (Å²) < 4.78 is 5.51. The Kier molecular flexibility index (Phi) is 4.35. The van der Waals surface area contributed by atoms with Crippen molar-refractivity contribution in [3.8, 4) is 5.75 Å². The minimum Gasteiger partial charge on any atom is -0.495 e. The van der Waals surface area contributed by atoms with Crippen LogP contribution < -0.4 is 15.4 Å². The summed E-state index contributed by atoms with van der Waals surface area (Å²) in [5.41, 5.74) is 8.73. The van der Waals surface area contributed by atoms with Gasteiger partial charge in [-0.1, -0.05) is 19.9 Å². The molecule has 1 aromatic carbocycles. The molecular weight excluding hydrogens is 236 g/mol. The molecular formula is C16H26N2O. The molecule has 0 spiro atoms. The van der Waals surface area contributed by atoms with E-state index in [-0.39, 0.29) is 6.04 Å². The predicted octanol–water partition coefficient (Wildman–Crippen LogP) is 3.13. The molecule has 3 nitrogen and oxygen atoms in total. The average Bonchev–Trinajstić information content (AvgIpc) is 2.83. The molecule has 1 aromatic rings. The van der Waals surface area contributed by atoms with E-state index < -0.39 is 0 Å². The van der Waals surface area contributed by atoms with Crippen LogP contribution in [0.25, 0.3) is 0 Å². The van der Waals surface area contributed by atoms with E-state index in [1.807, 2.05) is 0 Å². The molecule has 1 saturated carbocycles. The molecule has 1 aliphatic rings. The summed E-state index contributed by atoms with van der Waals surface area (Å²) in [6.07, 6.45) is 3.52. The Balaban J connectivity index is 2.32. The molecule has 19 heavy (non-hydrogen) atoms. The van der Waals surface area contributed by atoms with Gasteiger partial charge in [0.2, 0.25) is 0 Å². The molecule has 0 saturated heterocycles. The van der Waals surface area contributed by atoms with Gasteiger partial charge in [0.1, 0.15) is 5.75 Å². The number of hydrogen-bond acceptors (Lipinski definition) is 3. The van der Waals surface area contributed by atoms with Crippen molar-refractivity contribution < 1.29 is 4.74 Å². The highest BCUT2D eigenvalue weighted by Gasteiger charge is 2.29. The van der Waals surface area contributed by atoms with Gasteiger partial charge in [-0.15, -0.1) is 0 Å². The first-order valence-electron chi connectivity index (χ1n) is 7.21. The van der Waals surface area contributed by atoms with E-state index in [0.29, 0.717) is 12.0 Å². The van der Waals surface area contributed by atoms with Crippen molar-refractivity contribution in [2.75, 3.05) is 19.1 Å². The summed E-state index contributed by atoms with van der Waals surface area (Å²) in [6, 6.07) is 7.17. The summed E-state index contributed by atoms with van der Waals surface area (Å²) in [5.74, 6) is 1.46. The van der Waals surface area contributed by atoms with Crippen molar-refractivity contribution in [1.82, 2.24) is 0 Å². The van der Waals surface area contributed by atoms with Gasteiger partial charge in [-0.3, -0.25) is 0 Å². The number of nitrogens with zero attached hydrogens (tertiary/aromatic N) is 1. The van der Waals surface area contributed by atoms with Crippen LogP contribution in [0.2, 0.25) is 0 Å². The van der Waals surface area contributed by atoms with Gasteiger partial charge in [0.05, 0.1) is 12.8 Å². The first-order valence-corrected chi connectivity index (χ1v) is 7.21. The lowest BCUT2D eigenvalue weighted by molar-refractivity contribution is 0.412. The van der Waals surface area contributed by atoms with E-state index in [4.69, 9.17) is 10.5 Å². The van der Waals surface area contributed by atoms with Gasteiger partial charge in [-0.25, -0.2) is 0 Å². The van der Waals surface area contributed by atoms with Crippen LogP contribution >= 0.6 is 0 Å². The van der Waals surface area contributed by atoms with Crippen molar-refractivity contribution in [1.29, 1.82) is 0 Å². The van der Waals surface area contributed by atoms with Gasteiger partial charge in [-0.05, 0) is 42.9 Å². The number of likely N-dealkylation sites (N-methyl/N-ethyl adjacent to an activating group) is 1. The molecule has 0 radical (unpaired) electrons. The Hall–Kier alpha value is -1.22. The average molecular weight is 262 g/mol. The molecule has 0 bridgehead atoms. The second-order valence-electron chi connectivity index (χ2n) is 5.86. The van der Waals surface area contributed by atoms with Crippen LogP contribution in [0.4, 0.5) is 5.69 Å². The lowest BCUT2D eigenvalue weighted by Crippen LogP contribution is -2.42. The highest BCUT2D eigenvalue weighted by molar-refractivity contribution is 5.61. The van der Waals surface area contributed by atoms with E-state index in [0.717, 1.165) is 17.9 Å². The number of benzene rings is 1. The van der Waals surface area contributed by atoms with Crippen LogP contribution in [0.3, 0.4) is 0 Å². The van der Waals surface area contributed by atoms with E-state index in [1.165, 1.54) is 18.4 Å². The van der Waals surface area contributed by atoms with Crippen molar-refractivity contribution in [2.45, 2.75) is 51.1 Å². The minimum atomic E-state index is 0.275. The van der Waals surface area contributed by atoms with Gasteiger partial charge in [0.25, 0.3) is 0 Å². The third kappa shape index (κ3) is 2.86. The van der Waals surface area contributed by atoms with E-state index >= 15 is 0 Å². The topological polar surface area (TPSA) is 38.5 Å². The number of methoxy groups -OCH3 is 1. The number of rotatable bonds is 4. The molecule has 1 aliphatic carbocycles. The lowest BCUT2D eigenvalue weighted by Gasteiger charge is -2.31. The summed E-state index contributed by atoms with van der Waals surface area (Å²) >= 11 is 0. The fraction of sp³-hybridized carbons (Fsp3) is 0.625. The highest BCUT2D eigenvalue weighted by atomic mass is 16.5. The standard InChI is InChI=1S/C16H26N2O/c1-11(2)12-8-9-16(19-4)15(10-12)18(3)14-7-5-6-13(14)17/h8-11,13-14H,5-7,17H2,1-4H3. The molecule has 2 rings (SSSR count). The van der Waals surface area contributed by atoms with Gasteiger partial charge >= 0.3 is 0 Å². The van der Waals surface area contributed by atoms with Gasteiger partial charge in [0, 0.05) is 19.1 Å². The van der Waals surface area contributed by atoms with Crippen molar-refractivity contribution in [2.24, 2.45) is 5.73 Å². The van der Waals surface area contributed by atoms with E-state index in [2.05, 4.69) is 44.0 Å². The molecule has 3 heteroatoms. The maximum atomic E-state index is 6.22. The largest absolute Gasteiger partial charge is 0.495 e. The first kappa shape index (κ1) is 14.2. The zero-order valence-corrected chi connectivity index (χ0v) is 12.5. The minimum absolute atomic E-state index is 0.275. The fourth-order valence-electron chi connectivity index (χ4n) is 2.97. The number of nitrogens with two attached hydrogens (primary N) is 1. The highest BCUT2D eigenvalue weighted by Crippen LogP contribution is 2.35. The lowest BCUT2D eigenvalue weighted by atomic mass is 10.0. The summed E-state index contributed by atoms with van der Waals surface area (Å²) in [7, 11) is 3.87. The summed E-state index contributed by atoms with van der Waals surface area (Å²) in [5, 5.41) is 0. The number of ether oxygens (including phenoxy) is 1. The first-order chi connectivity index (χ1) is 9.04. The van der Waals surface area contributed by atoms with Crippen LogP contribution in [0, 0.1) is 0 Å². The molecule has 2 atom stereocenters. The van der Waals surface area contributed by atoms with E-state index in [1.54, 1.807) is 7.11 Å². The van der Waals surface area contributed by atoms with Gasteiger partial charge < -0.3 is 15.4 Å². The van der Waals surface area contributed by atoms with Crippen LogP contribution in [0.15, 0.2) is 18.2 Å². The second kappa shape index (κ2) is 5.83. The van der Waals surface area contributed by atoms with Crippen LogP contribution in [-0.2, 0) is 0 Å². The molecule has 106 valence electrons. The van der Waals surface area contributed by atoms with Crippen molar-refractivity contribution >= 4 is 5.69 Å². The SMILES string of the molecule is COc1ccc(C(C)C)cc1N(C)C1CCCC1N. The third-order valence-electron chi connectivity index (χ3n) is 4.28. The zero-order valence-electron chi connectivity index (χ0n) is 12.5. The Morgan fingerprint density at radius 1 is 1.32 bits per heavy atom. The quantitative estimate of drug-likeness (QED) is 0.906. The van der Waals surface area contributed by atoms with Gasteiger partial charge in [-0.2, -0.15) is 0 Å². The maximum absolute atomic E-state index is 6.22. The van der Waals surface area contributed by atoms with Crippen LogP contribution in [0.1, 0.15) is 44.6 Å². The third-order valence-corrected chi connectivity index (χ3v) is 4.28. The molecule has 2 N–H and O–H groups in total. The molecule has 0 aromatic heterocycles. The molecule has 0 aliphatic heterocycles. The maximum Gasteiger partial charge on any atom is 0.142 e. The van der Waals surface area contributed by atoms with Crippen LogP contribution in [0.5, 0.6) is 5.75 Å². The van der Waals surface area contributed by atoms with Gasteiger partial charge in [0.15, 0.2) is 0 Å². The smallest absolute Gasteiger partial charge is 0.142 e. The molecule has 1 fully saturated rings. The Morgan fingerprint density at radius 2 is 2.05 bits per heavy atom. The number of anilines is 1. The Morgan fingerprint density at radius 3 is 2.58 bits per heavy atom. The van der Waals surface area contributed by atoms with Crippen molar-refractivity contribution in [3.05, 3.63) is 23.8 Å². The Bertz CT molecular complexity index is 431. The fourth-order valence-corrected chi connectivity index (χ4v) is 2.97. The van der Waals surface area contributed by atoms with Crippen LogP contribution in [-0.4, -0.2) is 26.2 Å². The molecule has 2 unspecified atom stereocenters. The monoisotopic (exact) mass is 262 g/mol. The Labute approximate surface area is 116 Å². The normalized spacial score (nSPS) is 22.8. The second-order valence-corrected chi connectivity index (χ2v) is 5.86. The summed E-state index contributed by atoms with van der Waals surface area (Å²) in [4.78, 5) is 2.31. The number of hydrogen-bond donors (Lipinski definition) is 1. The predicted molar refractivity (Wildman–Crippen MR) is 81.1 cm³/mol. The molecule has 0 heterocycles. The summed E-state index contributed by atoms with van der Waals surface area (Å²) in [6.45, 7) is 4.43.